The predicted octanol–water partition coefficient (Wildman–Crippen LogP) is 2.23. The molecule has 0 bridgehead atoms. The first-order chi connectivity index (χ1) is 9.88. The molecule has 0 saturated heterocycles. The highest BCUT2D eigenvalue weighted by atomic mass is 32.2. The number of rotatable bonds is 2. The number of imidazole rings is 1. The number of anilines is 1. The van der Waals surface area contributed by atoms with Crippen molar-refractivity contribution in [1.82, 2.24) is 9.55 Å². The fourth-order valence-corrected chi connectivity index (χ4v) is 3.21. The average Bonchev–Trinajstić information content (AvgIpc) is 2.76. The van der Waals surface area contributed by atoms with Crippen LogP contribution in [0.4, 0.5) is 5.69 Å². The summed E-state index contributed by atoms with van der Waals surface area (Å²) in [5.74, 6) is 0.709. The van der Waals surface area contributed by atoms with Gasteiger partial charge in [-0.2, -0.15) is 0 Å². The number of nitrogens with zero attached hydrogens (tertiary/aromatic N) is 2. The SMILES string of the molecule is Cn1c(-c2ccc(N)cc2)nc2c(S(C)(=O)=O)cccc21. The van der Waals surface area contributed by atoms with E-state index in [0.717, 1.165) is 11.1 Å². The van der Waals surface area contributed by atoms with E-state index < -0.39 is 9.84 Å². The lowest BCUT2D eigenvalue weighted by Gasteiger charge is -2.02. The number of fused-ring (bicyclic) bond motifs is 1. The summed E-state index contributed by atoms with van der Waals surface area (Å²) in [5.41, 5.74) is 8.54. The Morgan fingerprint density at radius 2 is 1.76 bits per heavy atom. The van der Waals surface area contributed by atoms with Crippen molar-refractivity contribution in [2.75, 3.05) is 12.0 Å². The maximum absolute atomic E-state index is 11.9. The van der Waals surface area contributed by atoms with E-state index in [1.165, 1.54) is 6.26 Å². The van der Waals surface area contributed by atoms with Crippen LogP contribution in [0.1, 0.15) is 0 Å². The summed E-state index contributed by atoms with van der Waals surface area (Å²) in [5, 5.41) is 0. The zero-order valence-corrected chi connectivity index (χ0v) is 12.6. The molecule has 0 radical (unpaired) electrons. The van der Waals surface area contributed by atoms with Crippen LogP contribution in [0.2, 0.25) is 0 Å². The topological polar surface area (TPSA) is 78.0 Å². The zero-order chi connectivity index (χ0) is 15.2. The van der Waals surface area contributed by atoms with Crippen LogP contribution < -0.4 is 5.73 Å². The quantitative estimate of drug-likeness (QED) is 0.736. The summed E-state index contributed by atoms with van der Waals surface area (Å²) in [4.78, 5) is 4.77. The molecule has 108 valence electrons. The first-order valence-electron chi connectivity index (χ1n) is 6.39. The lowest BCUT2D eigenvalue weighted by atomic mass is 10.2. The van der Waals surface area contributed by atoms with Crippen molar-refractivity contribution in [3.63, 3.8) is 0 Å². The molecule has 1 heterocycles. The van der Waals surface area contributed by atoms with Crippen LogP contribution in [0.3, 0.4) is 0 Å². The van der Waals surface area contributed by atoms with Gasteiger partial charge in [0.1, 0.15) is 11.3 Å². The van der Waals surface area contributed by atoms with E-state index >= 15 is 0 Å². The van der Waals surface area contributed by atoms with Crippen LogP contribution in [0.15, 0.2) is 47.4 Å². The second-order valence-corrected chi connectivity index (χ2v) is 7.00. The molecule has 2 aromatic carbocycles. The summed E-state index contributed by atoms with van der Waals surface area (Å²) in [6.45, 7) is 0. The summed E-state index contributed by atoms with van der Waals surface area (Å²) >= 11 is 0. The minimum Gasteiger partial charge on any atom is -0.399 e. The van der Waals surface area contributed by atoms with E-state index in [9.17, 15) is 8.42 Å². The molecule has 0 aliphatic carbocycles. The number of aromatic nitrogens is 2. The van der Waals surface area contributed by atoms with Crippen LogP contribution in [-0.2, 0) is 16.9 Å². The van der Waals surface area contributed by atoms with Gasteiger partial charge in [0, 0.05) is 24.6 Å². The summed E-state index contributed by atoms with van der Waals surface area (Å²) < 4.78 is 25.7. The fourth-order valence-electron chi connectivity index (χ4n) is 2.38. The highest BCUT2D eigenvalue weighted by molar-refractivity contribution is 7.91. The number of benzene rings is 2. The summed E-state index contributed by atoms with van der Waals surface area (Å²) in [6, 6.07) is 12.5. The Morgan fingerprint density at radius 1 is 1.10 bits per heavy atom. The number of sulfone groups is 1. The van der Waals surface area contributed by atoms with Crippen molar-refractivity contribution in [2.24, 2.45) is 7.05 Å². The van der Waals surface area contributed by atoms with Crippen LogP contribution in [0.5, 0.6) is 0 Å². The highest BCUT2D eigenvalue weighted by Crippen LogP contribution is 2.28. The van der Waals surface area contributed by atoms with Gasteiger partial charge < -0.3 is 10.3 Å². The largest absolute Gasteiger partial charge is 0.399 e. The Balaban J connectivity index is 2.32. The lowest BCUT2D eigenvalue weighted by Crippen LogP contribution is -1.98. The summed E-state index contributed by atoms with van der Waals surface area (Å²) in [7, 11) is -1.45. The maximum atomic E-state index is 11.9. The van der Waals surface area contributed by atoms with Crippen LogP contribution in [0.25, 0.3) is 22.4 Å². The van der Waals surface area contributed by atoms with Crippen molar-refractivity contribution in [2.45, 2.75) is 4.90 Å². The van der Waals surface area contributed by atoms with E-state index in [1.807, 2.05) is 29.8 Å². The molecule has 0 fully saturated rings. The molecule has 1 aromatic heterocycles. The van der Waals surface area contributed by atoms with Gasteiger partial charge in [-0.15, -0.1) is 0 Å². The molecule has 5 nitrogen and oxygen atoms in total. The normalized spacial score (nSPS) is 11.9. The Labute approximate surface area is 123 Å². The van der Waals surface area contributed by atoms with Gasteiger partial charge >= 0.3 is 0 Å². The van der Waals surface area contributed by atoms with Crippen molar-refractivity contribution >= 4 is 26.6 Å². The fraction of sp³-hybridized carbons (Fsp3) is 0.133. The number of hydrogen-bond donors (Lipinski definition) is 1. The Morgan fingerprint density at radius 3 is 2.38 bits per heavy atom. The lowest BCUT2D eigenvalue weighted by molar-refractivity contribution is 0.602. The van der Waals surface area contributed by atoms with Crippen LogP contribution in [0, 0.1) is 0 Å². The number of aryl methyl sites for hydroxylation is 1. The van der Waals surface area contributed by atoms with Gasteiger partial charge in [0.05, 0.1) is 10.4 Å². The Bertz CT molecular complexity index is 925. The molecule has 0 aliphatic heterocycles. The second-order valence-electron chi connectivity index (χ2n) is 5.01. The summed E-state index contributed by atoms with van der Waals surface area (Å²) in [6.07, 6.45) is 1.19. The van der Waals surface area contributed by atoms with Gasteiger partial charge in [-0.1, -0.05) is 6.07 Å². The number of nitrogen functional groups attached to an aromatic ring is 1. The Hall–Kier alpha value is -2.34. The molecule has 3 aromatic rings. The third-order valence-corrected chi connectivity index (χ3v) is 4.57. The minimum atomic E-state index is -3.32. The van der Waals surface area contributed by atoms with Gasteiger partial charge in [0.25, 0.3) is 0 Å². The van der Waals surface area contributed by atoms with Gasteiger partial charge in [-0.05, 0) is 36.4 Å². The van der Waals surface area contributed by atoms with Crippen molar-refractivity contribution in [1.29, 1.82) is 0 Å². The monoisotopic (exact) mass is 301 g/mol. The third kappa shape index (κ3) is 2.27. The van der Waals surface area contributed by atoms with Gasteiger partial charge in [0.15, 0.2) is 9.84 Å². The first-order valence-corrected chi connectivity index (χ1v) is 8.28. The number of hydrogen-bond acceptors (Lipinski definition) is 4. The van der Waals surface area contributed by atoms with E-state index in [0.29, 0.717) is 17.0 Å². The van der Waals surface area contributed by atoms with Crippen molar-refractivity contribution in [3.05, 3.63) is 42.5 Å². The molecule has 0 unspecified atom stereocenters. The molecule has 0 aliphatic rings. The van der Waals surface area contributed by atoms with E-state index in [-0.39, 0.29) is 4.90 Å². The van der Waals surface area contributed by atoms with E-state index in [4.69, 9.17) is 5.73 Å². The predicted molar refractivity (Wildman–Crippen MR) is 83.7 cm³/mol. The molecule has 6 heteroatoms. The van der Waals surface area contributed by atoms with Crippen LogP contribution >= 0.6 is 0 Å². The highest BCUT2D eigenvalue weighted by Gasteiger charge is 2.17. The average molecular weight is 301 g/mol. The molecular weight excluding hydrogens is 286 g/mol. The molecular formula is C15H15N3O2S. The Kier molecular flexibility index (Phi) is 2.98. The standard InChI is InChI=1S/C15H15N3O2S/c1-18-12-4-3-5-13(21(2,19)20)14(12)17-15(18)10-6-8-11(16)9-7-10/h3-9H,16H2,1-2H3. The molecule has 0 atom stereocenters. The number of nitrogens with two attached hydrogens (primary N) is 1. The van der Waals surface area contributed by atoms with Crippen molar-refractivity contribution in [3.8, 4) is 11.4 Å². The first kappa shape index (κ1) is 13.6. The van der Waals surface area contributed by atoms with Gasteiger partial charge in [-0.3, -0.25) is 0 Å². The van der Waals surface area contributed by atoms with Crippen molar-refractivity contribution < 1.29 is 8.42 Å². The van der Waals surface area contributed by atoms with E-state index in [1.54, 1.807) is 24.3 Å². The molecule has 2 N–H and O–H groups in total. The van der Waals surface area contributed by atoms with Crippen LogP contribution in [-0.4, -0.2) is 24.2 Å². The zero-order valence-electron chi connectivity index (χ0n) is 11.7. The number of para-hydroxylation sites is 1. The molecule has 3 rings (SSSR count). The molecule has 0 amide bonds. The minimum absolute atomic E-state index is 0.247. The molecule has 0 saturated carbocycles. The second kappa shape index (κ2) is 4.60. The van der Waals surface area contributed by atoms with Gasteiger partial charge in [0.2, 0.25) is 0 Å². The smallest absolute Gasteiger partial charge is 0.177 e. The van der Waals surface area contributed by atoms with E-state index in [2.05, 4.69) is 4.98 Å². The molecule has 21 heavy (non-hydrogen) atoms. The third-order valence-electron chi connectivity index (χ3n) is 3.44. The molecule has 0 spiro atoms. The maximum Gasteiger partial charge on any atom is 0.177 e. The van der Waals surface area contributed by atoms with Gasteiger partial charge in [-0.25, -0.2) is 13.4 Å².